The highest BCUT2D eigenvalue weighted by Crippen LogP contribution is 2.25. The zero-order valence-corrected chi connectivity index (χ0v) is 17.1. The van der Waals surface area contributed by atoms with E-state index in [0.29, 0.717) is 23.1 Å². The number of halogens is 2. The molecule has 1 heterocycles. The van der Waals surface area contributed by atoms with Gasteiger partial charge in [0.25, 0.3) is 0 Å². The number of nitrogens with one attached hydrogen (secondary N) is 1. The van der Waals surface area contributed by atoms with Crippen LogP contribution in [0.1, 0.15) is 18.5 Å². The van der Waals surface area contributed by atoms with Crippen molar-refractivity contribution >= 4 is 50.9 Å². The normalized spacial score (nSPS) is 18.1. The lowest BCUT2D eigenvalue weighted by molar-refractivity contribution is 0.444. The van der Waals surface area contributed by atoms with E-state index in [1.54, 1.807) is 23.9 Å². The predicted octanol–water partition coefficient (Wildman–Crippen LogP) is 2.34. The van der Waals surface area contributed by atoms with Gasteiger partial charge in [-0.05, 0) is 24.6 Å². The highest BCUT2D eigenvalue weighted by molar-refractivity contribution is 7.99. The molecule has 1 atom stereocenters. The van der Waals surface area contributed by atoms with Gasteiger partial charge >= 0.3 is 0 Å². The molecule has 1 aliphatic heterocycles. The van der Waals surface area contributed by atoms with Crippen LogP contribution in [-0.4, -0.2) is 55.6 Å². The molecular weight excluding hydrogens is 403 g/mol. The standard InChI is InChI=1S/C15H22Cl2N4O2S2/c1-11(13-3-2-12(16)10-14(13)17)20-15(18)19-4-9-25(22,23)21-5-7-24-8-6-21/h2-3,10-11H,4-9H2,1H3,(H3,18,19,20). The van der Waals surface area contributed by atoms with E-state index in [4.69, 9.17) is 28.9 Å². The van der Waals surface area contributed by atoms with Crippen LogP contribution in [0.2, 0.25) is 10.0 Å². The van der Waals surface area contributed by atoms with Crippen molar-refractivity contribution in [3.05, 3.63) is 33.8 Å². The van der Waals surface area contributed by atoms with Crippen molar-refractivity contribution in [3.8, 4) is 0 Å². The molecule has 1 unspecified atom stereocenters. The van der Waals surface area contributed by atoms with Crippen molar-refractivity contribution in [2.24, 2.45) is 10.7 Å². The molecular formula is C15H22Cl2N4O2S2. The summed E-state index contributed by atoms with van der Waals surface area (Å²) >= 11 is 13.8. The third kappa shape index (κ3) is 6.21. The smallest absolute Gasteiger partial charge is 0.215 e. The van der Waals surface area contributed by atoms with Crippen LogP contribution in [0.3, 0.4) is 0 Å². The van der Waals surface area contributed by atoms with Gasteiger partial charge in [-0.2, -0.15) is 11.8 Å². The first-order valence-electron chi connectivity index (χ1n) is 7.86. The Morgan fingerprint density at radius 2 is 2.08 bits per heavy atom. The molecule has 1 saturated heterocycles. The fourth-order valence-corrected chi connectivity index (χ4v) is 5.46. The van der Waals surface area contributed by atoms with E-state index in [0.717, 1.165) is 17.1 Å². The molecule has 1 aromatic rings. The van der Waals surface area contributed by atoms with Crippen LogP contribution in [0, 0.1) is 0 Å². The van der Waals surface area contributed by atoms with Crippen LogP contribution in [0.5, 0.6) is 0 Å². The van der Waals surface area contributed by atoms with Gasteiger partial charge in [-0.25, -0.2) is 12.7 Å². The molecule has 0 aromatic heterocycles. The Bertz CT molecular complexity index is 722. The molecule has 3 N–H and O–H groups in total. The zero-order chi connectivity index (χ0) is 18.4. The minimum absolute atomic E-state index is 0.0455. The van der Waals surface area contributed by atoms with Gasteiger partial charge in [0.2, 0.25) is 10.0 Å². The molecule has 0 aliphatic carbocycles. The molecule has 1 aromatic carbocycles. The minimum Gasteiger partial charge on any atom is -0.370 e. The topological polar surface area (TPSA) is 87.8 Å². The lowest BCUT2D eigenvalue weighted by atomic mass is 10.1. The third-order valence-corrected chi connectivity index (χ3v) is 7.14. The van der Waals surface area contributed by atoms with E-state index in [-0.39, 0.29) is 24.3 Å². The first-order valence-corrected chi connectivity index (χ1v) is 11.4. The third-order valence-electron chi connectivity index (χ3n) is 3.79. The largest absolute Gasteiger partial charge is 0.370 e. The fraction of sp³-hybridized carbons (Fsp3) is 0.533. The fourth-order valence-electron chi connectivity index (χ4n) is 2.43. The summed E-state index contributed by atoms with van der Waals surface area (Å²) in [4.78, 5) is 4.12. The molecule has 0 spiro atoms. The second-order valence-electron chi connectivity index (χ2n) is 5.63. The summed E-state index contributed by atoms with van der Waals surface area (Å²) in [6.07, 6.45) is 0. The van der Waals surface area contributed by atoms with Gasteiger partial charge in [0, 0.05) is 34.6 Å². The van der Waals surface area contributed by atoms with E-state index in [2.05, 4.69) is 10.3 Å². The minimum atomic E-state index is -3.28. The predicted molar refractivity (Wildman–Crippen MR) is 107 cm³/mol. The summed E-state index contributed by atoms with van der Waals surface area (Å²) in [6, 6.07) is 5.05. The van der Waals surface area contributed by atoms with Gasteiger partial charge in [0.15, 0.2) is 5.96 Å². The second-order valence-corrected chi connectivity index (χ2v) is 9.78. The average molecular weight is 425 g/mol. The number of guanidine groups is 1. The number of nitrogens with two attached hydrogens (primary N) is 1. The maximum Gasteiger partial charge on any atom is 0.215 e. The second kappa shape index (κ2) is 9.32. The molecule has 140 valence electrons. The molecule has 10 heteroatoms. The lowest BCUT2D eigenvalue weighted by Gasteiger charge is -2.25. The first-order chi connectivity index (χ1) is 11.8. The SMILES string of the molecule is CC(NC(N)=NCCS(=O)(=O)N1CCSCC1)c1ccc(Cl)cc1Cl. The highest BCUT2D eigenvalue weighted by Gasteiger charge is 2.23. The van der Waals surface area contributed by atoms with Gasteiger partial charge in [-0.3, -0.25) is 4.99 Å². The Morgan fingerprint density at radius 1 is 1.40 bits per heavy atom. The average Bonchev–Trinajstić information content (AvgIpc) is 2.55. The number of nitrogens with zero attached hydrogens (tertiary/aromatic N) is 2. The van der Waals surface area contributed by atoms with E-state index in [1.165, 1.54) is 4.31 Å². The number of hydrogen-bond donors (Lipinski definition) is 2. The molecule has 0 radical (unpaired) electrons. The summed E-state index contributed by atoms with van der Waals surface area (Å²) in [6.45, 7) is 3.14. The van der Waals surface area contributed by atoms with Crippen molar-refractivity contribution in [1.82, 2.24) is 9.62 Å². The zero-order valence-electron chi connectivity index (χ0n) is 13.9. The summed E-state index contributed by atoms with van der Waals surface area (Å²) < 4.78 is 26.0. The Hall–Kier alpha value is -0.670. The molecule has 1 aliphatic rings. The first kappa shape index (κ1) is 20.6. The van der Waals surface area contributed by atoms with Crippen LogP contribution < -0.4 is 11.1 Å². The van der Waals surface area contributed by atoms with Crippen molar-refractivity contribution in [1.29, 1.82) is 0 Å². The maximum absolute atomic E-state index is 12.2. The summed E-state index contributed by atoms with van der Waals surface area (Å²) in [5.74, 6) is 1.82. The monoisotopic (exact) mass is 424 g/mol. The molecule has 2 rings (SSSR count). The molecule has 25 heavy (non-hydrogen) atoms. The van der Waals surface area contributed by atoms with Gasteiger partial charge in [-0.15, -0.1) is 0 Å². The number of hydrogen-bond acceptors (Lipinski definition) is 4. The number of thioether (sulfide) groups is 1. The van der Waals surface area contributed by atoms with E-state index >= 15 is 0 Å². The number of rotatable bonds is 6. The van der Waals surface area contributed by atoms with Crippen LogP contribution in [0.4, 0.5) is 0 Å². The number of benzene rings is 1. The summed E-state index contributed by atoms with van der Waals surface area (Å²) in [7, 11) is -3.28. The van der Waals surface area contributed by atoms with Crippen molar-refractivity contribution in [3.63, 3.8) is 0 Å². The molecule has 1 fully saturated rings. The van der Waals surface area contributed by atoms with Gasteiger partial charge in [0.1, 0.15) is 0 Å². The van der Waals surface area contributed by atoms with Crippen molar-refractivity contribution in [2.75, 3.05) is 36.9 Å². The Morgan fingerprint density at radius 3 is 2.72 bits per heavy atom. The highest BCUT2D eigenvalue weighted by atomic mass is 35.5. The van der Waals surface area contributed by atoms with E-state index < -0.39 is 10.0 Å². The van der Waals surface area contributed by atoms with E-state index in [1.807, 2.05) is 13.0 Å². The number of sulfonamides is 1. The molecule has 0 saturated carbocycles. The van der Waals surface area contributed by atoms with Gasteiger partial charge in [0.05, 0.1) is 18.3 Å². The summed E-state index contributed by atoms with van der Waals surface area (Å²) in [5, 5.41) is 4.10. The Labute approximate surface area is 163 Å². The van der Waals surface area contributed by atoms with Crippen LogP contribution in [0.15, 0.2) is 23.2 Å². The van der Waals surface area contributed by atoms with Gasteiger partial charge < -0.3 is 11.1 Å². The van der Waals surface area contributed by atoms with Crippen molar-refractivity contribution in [2.45, 2.75) is 13.0 Å². The van der Waals surface area contributed by atoms with Crippen LogP contribution in [0.25, 0.3) is 0 Å². The van der Waals surface area contributed by atoms with Gasteiger partial charge in [-0.1, -0.05) is 29.3 Å². The molecule has 0 amide bonds. The molecule has 0 bridgehead atoms. The van der Waals surface area contributed by atoms with Crippen LogP contribution >= 0.6 is 35.0 Å². The van der Waals surface area contributed by atoms with Crippen LogP contribution in [-0.2, 0) is 10.0 Å². The summed E-state index contributed by atoms with van der Waals surface area (Å²) in [5.41, 5.74) is 6.69. The van der Waals surface area contributed by atoms with Crippen molar-refractivity contribution < 1.29 is 8.42 Å². The Kier molecular flexibility index (Phi) is 7.69. The number of aliphatic imine (C=N–C) groups is 1. The van der Waals surface area contributed by atoms with E-state index in [9.17, 15) is 8.42 Å². The Balaban J connectivity index is 1.88. The maximum atomic E-state index is 12.2. The molecule has 6 nitrogen and oxygen atoms in total. The quantitative estimate of drug-likeness (QED) is 0.540. The lowest BCUT2D eigenvalue weighted by Crippen LogP contribution is -2.40.